The van der Waals surface area contributed by atoms with Crippen LogP contribution in [0.4, 0.5) is 0 Å². The molecule has 2 heterocycles. The van der Waals surface area contributed by atoms with Crippen LogP contribution in [0.15, 0.2) is 0 Å². The number of halogens is 2. The third-order valence-corrected chi connectivity index (χ3v) is 13.4. The number of likely N-dealkylation sites (N-methyl/N-ethyl adjacent to an activating group) is 1. The Morgan fingerprint density at radius 3 is 2.09 bits per heavy atom. The normalized spacial score (nSPS) is 50.1. The summed E-state index contributed by atoms with van der Waals surface area (Å²) in [5.41, 5.74) is 0.695. The average molecular weight is 715 g/mol. The van der Waals surface area contributed by atoms with Crippen LogP contribution in [0.5, 0.6) is 0 Å². The smallest absolute Gasteiger partial charge is 0.116 e. The second kappa shape index (κ2) is 10.4. The van der Waals surface area contributed by atoms with Gasteiger partial charge < -0.3 is 66.8 Å². The molecule has 9 atom stereocenters. The van der Waals surface area contributed by atoms with Gasteiger partial charge in [-0.1, -0.05) is 13.8 Å². The molecule has 204 valence electrons. The molecule has 0 unspecified atom stereocenters. The fourth-order valence-corrected chi connectivity index (χ4v) is 10.9. The molecule has 6 aliphatic rings. The van der Waals surface area contributed by atoms with Gasteiger partial charge in [-0.15, -0.1) is 0 Å². The van der Waals surface area contributed by atoms with Crippen LogP contribution in [0.1, 0.15) is 78.1 Å². The molecule has 0 aromatic heterocycles. The van der Waals surface area contributed by atoms with Gasteiger partial charge in [0.25, 0.3) is 0 Å². The molecule has 0 amide bonds. The van der Waals surface area contributed by atoms with Gasteiger partial charge in [-0.2, -0.15) is 0 Å². The zero-order valence-electron chi connectivity index (χ0n) is 22.9. The van der Waals surface area contributed by atoms with Crippen LogP contribution in [-0.2, 0) is 4.74 Å². The zero-order valence-corrected chi connectivity index (χ0v) is 27.2. The van der Waals surface area contributed by atoms with Gasteiger partial charge in [0.15, 0.2) is 0 Å². The van der Waals surface area contributed by atoms with E-state index < -0.39 is 0 Å². The van der Waals surface area contributed by atoms with E-state index in [1.165, 1.54) is 81.8 Å². The van der Waals surface area contributed by atoms with E-state index in [4.69, 9.17) is 4.74 Å². The van der Waals surface area contributed by atoms with Crippen LogP contribution in [0.2, 0.25) is 0 Å². The monoisotopic (exact) mass is 714 g/mol. The highest BCUT2D eigenvalue weighted by Gasteiger charge is 2.65. The van der Waals surface area contributed by atoms with Crippen LogP contribution >= 0.6 is 0 Å². The molecule has 0 radical (unpaired) electrons. The minimum Gasteiger partial charge on any atom is -1.00 e. The molecule has 0 spiro atoms. The SMILES string of the molecule is C[C@]12CC[C@H]([N+]3(C)CCCC3)C[C@@H]1CC[C@@H]1[C@@H]2CC[C@]2(C)[C@@H](O)[C@@H]([N+]3(C)CCOCC3)C[C@@H]12.[I-].[I-]. The van der Waals surface area contributed by atoms with E-state index in [1.807, 2.05) is 0 Å². The molecule has 6 fully saturated rings. The predicted octanol–water partition coefficient (Wildman–Crippen LogP) is -1.54. The Morgan fingerprint density at radius 2 is 1.40 bits per heavy atom. The van der Waals surface area contributed by atoms with Gasteiger partial charge in [-0.05, 0) is 67.6 Å². The van der Waals surface area contributed by atoms with Crippen LogP contribution in [0.3, 0.4) is 0 Å². The summed E-state index contributed by atoms with van der Waals surface area (Å²) in [6, 6.07) is 1.35. The summed E-state index contributed by atoms with van der Waals surface area (Å²) in [6.45, 7) is 12.0. The standard InChI is InChI=1S/C29H52N2O2.2HI/c1-28-11-9-22(30(3)13-5-6-14-30)19-21(28)7-8-23-24(28)10-12-29(2)25(23)20-26(27(29)32)31(4)15-17-33-18-16-31;;/h21-27,32H,5-20H2,1-4H3;2*1H/q+2;;/p-2/t21-,22-,23+,24-,25-,26-,27-,28-,29-;;/m0../s1. The molecule has 35 heavy (non-hydrogen) atoms. The summed E-state index contributed by atoms with van der Waals surface area (Å²) < 4.78 is 8.14. The lowest BCUT2D eigenvalue weighted by atomic mass is 9.45. The minimum atomic E-state index is -0.132. The summed E-state index contributed by atoms with van der Waals surface area (Å²) in [5.74, 6) is 3.43. The number of fused-ring (bicyclic) bond motifs is 5. The maximum atomic E-state index is 11.8. The Labute approximate surface area is 249 Å². The summed E-state index contributed by atoms with van der Waals surface area (Å²) >= 11 is 0. The molecule has 4 nitrogen and oxygen atoms in total. The number of morpholine rings is 1. The van der Waals surface area contributed by atoms with E-state index in [9.17, 15) is 5.11 Å². The van der Waals surface area contributed by atoms with Crippen LogP contribution in [0.25, 0.3) is 0 Å². The largest absolute Gasteiger partial charge is 1.00 e. The lowest BCUT2D eigenvalue weighted by Crippen LogP contribution is -3.00. The summed E-state index contributed by atoms with van der Waals surface area (Å²) in [7, 11) is 4.99. The number of aliphatic hydroxyl groups is 1. The third-order valence-electron chi connectivity index (χ3n) is 13.4. The van der Waals surface area contributed by atoms with E-state index in [0.29, 0.717) is 11.5 Å². The van der Waals surface area contributed by atoms with Gasteiger partial charge in [-0.3, -0.25) is 0 Å². The molecule has 2 saturated heterocycles. The molecule has 4 saturated carbocycles. The number of quaternary nitrogens is 2. The molecule has 0 bridgehead atoms. The number of nitrogens with zero attached hydrogens (tertiary/aromatic N) is 2. The molecule has 1 N–H and O–H groups in total. The lowest BCUT2D eigenvalue weighted by Gasteiger charge is -2.61. The Hall–Kier alpha value is 1.30. The number of ether oxygens (including phenoxy) is 1. The molecule has 6 heteroatoms. The van der Waals surface area contributed by atoms with Crippen molar-refractivity contribution in [3.63, 3.8) is 0 Å². The summed E-state index contributed by atoms with van der Waals surface area (Å²) in [5, 5.41) is 11.8. The number of hydrogen-bond acceptors (Lipinski definition) is 2. The van der Waals surface area contributed by atoms with Crippen molar-refractivity contribution in [1.29, 1.82) is 0 Å². The molecular formula is C29H52I2N2O2. The molecular weight excluding hydrogens is 662 g/mol. The number of aliphatic hydroxyl groups excluding tert-OH is 1. The van der Waals surface area contributed by atoms with Gasteiger partial charge in [0.2, 0.25) is 0 Å². The maximum absolute atomic E-state index is 11.8. The first-order chi connectivity index (χ1) is 15.7. The summed E-state index contributed by atoms with van der Waals surface area (Å²) in [4.78, 5) is 0. The van der Waals surface area contributed by atoms with E-state index in [1.54, 1.807) is 0 Å². The van der Waals surface area contributed by atoms with Crippen molar-refractivity contribution in [2.45, 2.75) is 96.2 Å². The topological polar surface area (TPSA) is 29.5 Å². The van der Waals surface area contributed by atoms with Crippen LogP contribution in [0, 0.1) is 34.5 Å². The number of likely N-dealkylation sites (tertiary alicyclic amines) is 1. The van der Waals surface area contributed by atoms with Crippen molar-refractivity contribution in [3.8, 4) is 0 Å². The second-order valence-electron chi connectivity index (χ2n) is 14.6. The molecule has 2 aliphatic heterocycles. The highest BCUT2D eigenvalue weighted by molar-refractivity contribution is 5.12. The fraction of sp³-hybridized carbons (Fsp3) is 1.00. The van der Waals surface area contributed by atoms with Crippen molar-refractivity contribution in [2.75, 3.05) is 53.5 Å². The second-order valence-corrected chi connectivity index (χ2v) is 14.6. The van der Waals surface area contributed by atoms with Gasteiger partial charge in [-0.25, -0.2) is 0 Å². The zero-order chi connectivity index (χ0) is 23.1. The fourth-order valence-electron chi connectivity index (χ4n) is 10.9. The molecule has 0 aromatic rings. The lowest BCUT2D eigenvalue weighted by molar-refractivity contribution is -0.943. The molecule has 6 rings (SSSR count). The van der Waals surface area contributed by atoms with Crippen molar-refractivity contribution >= 4 is 0 Å². The van der Waals surface area contributed by atoms with Crippen LogP contribution in [-0.4, -0.2) is 85.7 Å². The first-order valence-electron chi connectivity index (χ1n) is 14.6. The third kappa shape index (κ3) is 4.50. The van der Waals surface area contributed by atoms with Gasteiger partial charge >= 0.3 is 0 Å². The van der Waals surface area contributed by atoms with E-state index in [0.717, 1.165) is 60.5 Å². The van der Waals surface area contributed by atoms with E-state index in [-0.39, 0.29) is 59.5 Å². The van der Waals surface area contributed by atoms with E-state index in [2.05, 4.69) is 27.9 Å². The number of rotatable bonds is 2. The first kappa shape index (κ1) is 29.3. The van der Waals surface area contributed by atoms with Gasteiger partial charge in [0, 0.05) is 31.1 Å². The van der Waals surface area contributed by atoms with Gasteiger partial charge in [0.05, 0.1) is 46.4 Å². The Balaban J connectivity index is 0.00000144. The van der Waals surface area contributed by atoms with Crippen molar-refractivity contribution in [2.24, 2.45) is 34.5 Å². The highest BCUT2D eigenvalue weighted by atomic mass is 127. The van der Waals surface area contributed by atoms with Crippen molar-refractivity contribution in [3.05, 3.63) is 0 Å². The van der Waals surface area contributed by atoms with Gasteiger partial charge in [0.1, 0.15) is 25.2 Å². The minimum absolute atomic E-state index is 0. The maximum Gasteiger partial charge on any atom is 0.116 e. The van der Waals surface area contributed by atoms with Crippen LogP contribution < -0.4 is 48.0 Å². The molecule has 0 aromatic carbocycles. The summed E-state index contributed by atoms with van der Waals surface area (Å²) in [6.07, 6.45) is 14.0. The first-order valence-corrected chi connectivity index (χ1v) is 14.6. The van der Waals surface area contributed by atoms with Crippen molar-refractivity contribution < 1.29 is 66.8 Å². The quantitative estimate of drug-likeness (QED) is 0.278. The van der Waals surface area contributed by atoms with E-state index >= 15 is 0 Å². The highest BCUT2D eigenvalue weighted by Crippen LogP contribution is 2.67. The van der Waals surface area contributed by atoms with Crippen molar-refractivity contribution in [1.82, 2.24) is 0 Å². The Bertz CT molecular complexity index is 755. The Morgan fingerprint density at radius 1 is 0.743 bits per heavy atom. The number of hydrogen-bond donors (Lipinski definition) is 1. The predicted molar refractivity (Wildman–Crippen MR) is 133 cm³/mol. The molecule has 4 aliphatic carbocycles. The Kier molecular flexibility index (Phi) is 8.67. The average Bonchev–Trinajstić information content (AvgIpc) is 3.36.